The van der Waals surface area contributed by atoms with Crippen LogP contribution in [0.2, 0.25) is 0 Å². The number of rotatable bonds is 9. The molecule has 1 fully saturated rings. The van der Waals surface area contributed by atoms with E-state index in [1.165, 1.54) is 14.0 Å². The number of hydrogen-bond donors (Lipinski definition) is 2. The van der Waals surface area contributed by atoms with Crippen molar-refractivity contribution in [2.75, 3.05) is 52.8 Å². The van der Waals surface area contributed by atoms with Gasteiger partial charge in [-0.15, -0.1) is 0 Å². The molecule has 12 nitrogen and oxygen atoms in total. The average molecular weight is 667 g/mol. The van der Waals surface area contributed by atoms with E-state index in [1.807, 2.05) is 46.8 Å². The summed E-state index contributed by atoms with van der Waals surface area (Å²) in [5.74, 6) is 0.939. The van der Waals surface area contributed by atoms with E-state index in [-0.39, 0.29) is 28.8 Å². The first-order valence-corrected chi connectivity index (χ1v) is 16.5. The molecule has 2 N–H and O–H groups in total. The van der Waals surface area contributed by atoms with Gasteiger partial charge in [0, 0.05) is 38.7 Å². The average Bonchev–Trinajstić information content (AvgIpc) is 3.29. The maximum absolute atomic E-state index is 14.0. The number of hydrogen-bond acceptors (Lipinski definition) is 9. The molecule has 262 valence electrons. The lowest BCUT2D eigenvalue weighted by Crippen LogP contribution is -2.55. The molecule has 2 aromatic carbocycles. The molecule has 1 saturated heterocycles. The van der Waals surface area contributed by atoms with E-state index in [0.29, 0.717) is 73.8 Å². The molecule has 0 radical (unpaired) electrons. The van der Waals surface area contributed by atoms with Crippen LogP contribution in [0, 0.1) is 5.92 Å². The van der Waals surface area contributed by atoms with Gasteiger partial charge in [0.2, 0.25) is 23.0 Å². The van der Waals surface area contributed by atoms with Crippen molar-refractivity contribution in [2.45, 2.75) is 78.5 Å². The zero-order valence-electron chi connectivity index (χ0n) is 29.7. The molecular weight excluding hydrogens is 616 g/mol. The molecule has 0 unspecified atom stereocenters. The largest absolute Gasteiger partial charge is 0.493 e. The Hall–Kier alpha value is -4.48. The van der Waals surface area contributed by atoms with Gasteiger partial charge in [0.15, 0.2) is 11.5 Å². The second kappa shape index (κ2) is 15.2. The summed E-state index contributed by atoms with van der Waals surface area (Å²) in [6, 6.07) is 5.84. The quantitative estimate of drug-likeness (QED) is 0.388. The van der Waals surface area contributed by atoms with Crippen LogP contribution < -0.4 is 30.3 Å². The highest BCUT2D eigenvalue weighted by Gasteiger charge is 2.34. The summed E-state index contributed by atoms with van der Waals surface area (Å²) in [6.07, 6.45) is 1.42. The zero-order valence-corrected chi connectivity index (χ0v) is 29.7. The molecule has 4 rings (SSSR count). The monoisotopic (exact) mass is 666 g/mol. The normalized spacial score (nSPS) is 17.1. The van der Waals surface area contributed by atoms with Crippen molar-refractivity contribution in [3.05, 3.63) is 45.6 Å². The number of amides is 3. The minimum atomic E-state index is -0.685. The number of ether oxygens (including phenoxy) is 4. The molecule has 2 aromatic rings. The molecule has 1 heterocycles. The van der Waals surface area contributed by atoms with Gasteiger partial charge in [0.1, 0.15) is 11.6 Å². The van der Waals surface area contributed by atoms with Gasteiger partial charge in [-0.1, -0.05) is 26.3 Å². The van der Waals surface area contributed by atoms with Crippen molar-refractivity contribution in [2.24, 2.45) is 5.92 Å². The molecule has 1 aliphatic carbocycles. The van der Waals surface area contributed by atoms with Gasteiger partial charge in [-0.05, 0) is 74.4 Å². The fourth-order valence-corrected chi connectivity index (χ4v) is 6.31. The van der Waals surface area contributed by atoms with Crippen molar-refractivity contribution >= 4 is 23.6 Å². The number of piperazine rings is 1. The van der Waals surface area contributed by atoms with Crippen molar-refractivity contribution < 1.29 is 33.3 Å². The van der Waals surface area contributed by atoms with Crippen molar-refractivity contribution in [1.82, 2.24) is 15.1 Å². The second-order valence-corrected chi connectivity index (χ2v) is 13.4. The van der Waals surface area contributed by atoms with Crippen LogP contribution in [-0.4, -0.2) is 86.9 Å². The predicted molar refractivity (Wildman–Crippen MR) is 184 cm³/mol. The Kier molecular flexibility index (Phi) is 11.5. The molecule has 0 saturated carbocycles. The molecule has 12 heteroatoms. The van der Waals surface area contributed by atoms with Gasteiger partial charge in [-0.25, -0.2) is 4.79 Å². The van der Waals surface area contributed by atoms with Crippen molar-refractivity contribution in [1.29, 1.82) is 0 Å². The molecule has 0 bridgehead atoms. The number of nitrogens with zero attached hydrogens (tertiary/aromatic N) is 2. The Balaban J connectivity index is 1.73. The third kappa shape index (κ3) is 7.96. The first-order valence-electron chi connectivity index (χ1n) is 16.5. The Labute approximate surface area is 283 Å². The summed E-state index contributed by atoms with van der Waals surface area (Å²) in [7, 11) is 4.65. The number of carbonyl (C=O) groups is 3. The van der Waals surface area contributed by atoms with Crippen LogP contribution in [0.15, 0.2) is 29.1 Å². The summed E-state index contributed by atoms with van der Waals surface area (Å²) in [4.78, 5) is 56.2. The highest BCUT2D eigenvalue weighted by molar-refractivity contribution is 5.86. The minimum Gasteiger partial charge on any atom is -0.493 e. The smallest absolute Gasteiger partial charge is 0.410 e. The van der Waals surface area contributed by atoms with E-state index < -0.39 is 23.8 Å². The molecular formula is C36H50N4O8. The summed E-state index contributed by atoms with van der Waals surface area (Å²) in [5, 5.41) is 6.32. The third-order valence-corrected chi connectivity index (χ3v) is 8.95. The number of benzene rings is 1. The SMILES string of the molecule is CC[C@H](C)[C@H](Nc1ccc2c(cc1=O)[C@H](NC(C)=O)CCc1cc(OC)c(OC)c(OC)c1-2)C(=O)N1CCN(C(=O)OC(C)(C)C)CC1. The van der Waals surface area contributed by atoms with E-state index in [4.69, 9.17) is 18.9 Å². The van der Waals surface area contributed by atoms with Crippen LogP contribution in [0.3, 0.4) is 0 Å². The molecule has 48 heavy (non-hydrogen) atoms. The Morgan fingerprint density at radius 1 is 0.958 bits per heavy atom. The van der Waals surface area contributed by atoms with Gasteiger partial charge < -0.3 is 39.4 Å². The lowest BCUT2D eigenvalue weighted by atomic mass is 9.95. The fraction of sp³-hybridized carbons (Fsp3) is 0.556. The van der Waals surface area contributed by atoms with E-state index in [2.05, 4.69) is 10.6 Å². The first kappa shape index (κ1) is 36.4. The van der Waals surface area contributed by atoms with Gasteiger partial charge >= 0.3 is 6.09 Å². The fourth-order valence-electron chi connectivity index (χ4n) is 6.31. The maximum Gasteiger partial charge on any atom is 0.410 e. The van der Waals surface area contributed by atoms with Crippen LogP contribution in [-0.2, 0) is 20.7 Å². The van der Waals surface area contributed by atoms with E-state index in [0.717, 1.165) is 11.1 Å². The number of fused-ring (bicyclic) bond motifs is 3. The third-order valence-electron chi connectivity index (χ3n) is 8.95. The highest BCUT2D eigenvalue weighted by Crippen LogP contribution is 2.50. The first-order chi connectivity index (χ1) is 22.7. The van der Waals surface area contributed by atoms with Crippen LogP contribution in [0.5, 0.6) is 17.2 Å². The van der Waals surface area contributed by atoms with E-state index in [1.54, 1.807) is 36.2 Å². The van der Waals surface area contributed by atoms with Crippen molar-refractivity contribution in [3.63, 3.8) is 0 Å². The van der Waals surface area contributed by atoms with Gasteiger partial charge in [-0.3, -0.25) is 14.4 Å². The van der Waals surface area contributed by atoms with Gasteiger partial charge in [-0.2, -0.15) is 0 Å². The molecule has 1 aliphatic heterocycles. The molecule has 3 atom stereocenters. The Morgan fingerprint density at radius 3 is 2.17 bits per heavy atom. The molecule has 0 spiro atoms. The molecule has 0 aromatic heterocycles. The Bertz CT molecular complexity index is 1580. The number of nitrogens with one attached hydrogen (secondary N) is 2. The van der Waals surface area contributed by atoms with Crippen LogP contribution >= 0.6 is 0 Å². The summed E-state index contributed by atoms with van der Waals surface area (Å²) >= 11 is 0. The zero-order chi connectivity index (χ0) is 35.3. The summed E-state index contributed by atoms with van der Waals surface area (Å²) in [5.41, 5.74) is 2.35. The van der Waals surface area contributed by atoms with Crippen LogP contribution in [0.25, 0.3) is 11.1 Å². The second-order valence-electron chi connectivity index (χ2n) is 13.4. The molecule has 3 amide bonds. The summed E-state index contributed by atoms with van der Waals surface area (Å²) < 4.78 is 22.7. The van der Waals surface area contributed by atoms with E-state index >= 15 is 0 Å². The van der Waals surface area contributed by atoms with E-state index in [9.17, 15) is 19.2 Å². The van der Waals surface area contributed by atoms with Crippen LogP contribution in [0.1, 0.15) is 71.6 Å². The molecule has 2 aliphatic rings. The summed E-state index contributed by atoms with van der Waals surface area (Å²) in [6.45, 7) is 12.3. The maximum atomic E-state index is 14.0. The van der Waals surface area contributed by atoms with Gasteiger partial charge in [0.25, 0.3) is 0 Å². The lowest BCUT2D eigenvalue weighted by Gasteiger charge is -2.38. The predicted octanol–water partition coefficient (Wildman–Crippen LogP) is 4.77. The van der Waals surface area contributed by atoms with Crippen LogP contribution in [0.4, 0.5) is 10.5 Å². The topological polar surface area (TPSA) is 136 Å². The Morgan fingerprint density at radius 2 is 1.60 bits per heavy atom. The number of aryl methyl sites for hydroxylation is 1. The lowest BCUT2D eigenvalue weighted by molar-refractivity contribution is -0.134. The van der Waals surface area contributed by atoms with Gasteiger partial charge in [0.05, 0.1) is 33.1 Å². The highest BCUT2D eigenvalue weighted by atomic mass is 16.6. The number of anilines is 1. The van der Waals surface area contributed by atoms with Crippen molar-refractivity contribution in [3.8, 4) is 28.4 Å². The minimum absolute atomic E-state index is 0.103. The number of methoxy groups -OCH3 is 3. The number of carbonyl (C=O) groups excluding carboxylic acids is 3. The standard InChI is InChI=1S/C36H50N4O8/c1-10-21(2)31(34(43)39-15-17-40(18-16-39)35(44)48-36(4,5)6)38-27-14-12-24-25(20-28(27)42)26(37-22(3)41)13-11-23-19-29(45-7)32(46-8)33(47-9)30(23)24/h12,14,19-21,26,31H,10-11,13,15-18H2,1-9H3,(H,37,41)(H,38,42)/t21-,26+,31-/m0/s1.